The van der Waals surface area contributed by atoms with Crippen molar-refractivity contribution in [2.75, 3.05) is 23.3 Å². The molecule has 0 saturated heterocycles. The Kier molecular flexibility index (Phi) is 4.98. The third-order valence-corrected chi connectivity index (χ3v) is 3.15. The first-order valence-corrected chi connectivity index (χ1v) is 6.90. The van der Waals surface area contributed by atoms with Gasteiger partial charge in [0.25, 0.3) is 5.91 Å². The van der Waals surface area contributed by atoms with Crippen molar-refractivity contribution in [3.05, 3.63) is 47.7 Å². The summed E-state index contributed by atoms with van der Waals surface area (Å²) >= 11 is 0. The molecule has 0 spiro atoms. The Morgan fingerprint density at radius 1 is 1.14 bits per heavy atom. The summed E-state index contributed by atoms with van der Waals surface area (Å²) in [4.78, 5) is 14.0. The van der Waals surface area contributed by atoms with Gasteiger partial charge in [0.1, 0.15) is 11.6 Å². The van der Waals surface area contributed by atoms with Crippen molar-refractivity contribution < 1.29 is 13.6 Å². The van der Waals surface area contributed by atoms with Crippen molar-refractivity contribution in [2.24, 2.45) is 0 Å². The number of rotatable bonds is 5. The second kappa shape index (κ2) is 6.93. The molecule has 0 bridgehead atoms. The fourth-order valence-corrected chi connectivity index (χ4v) is 1.94. The second-order valence-electron chi connectivity index (χ2n) is 4.53. The zero-order valence-corrected chi connectivity index (χ0v) is 12.3. The molecular weight excluding hydrogens is 290 g/mol. The summed E-state index contributed by atoms with van der Waals surface area (Å²) in [6.07, 6.45) is 0. The van der Waals surface area contributed by atoms with E-state index >= 15 is 0 Å². The lowest BCUT2D eigenvalue weighted by molar-refractivity contribution is 0.102. The van der Waals surface area contributed by atoms with Gasteiger partial charge >= 0.3 is 0 Å². The maximum Gasteiger partial charge on any atom is 0.276 e. The zero-order chi connectivity index (χ0) is 16.1. The van der Waals surface area contributed by atoms with Crippen LogP contribution in [0, 0.1) is 11.6 Å². The predicted octanol–water partition coefficient (Wildman–Crippen LogP) is 2.85. The van der Waals surface area contributed by atoms with Crippen molar-refractivity contribution in [1.82, 2.24) is 10.2 Å². The highest BCUT2D eigenvalue weighted by Crippen LogP contribution is 2.16. The number of carbonyl (C=O) groups is 1. The number of nitrogens with zero attached hydrogens (tertiary/aromatic N) is 3. The number of anilines is 2. The largest absolute Gasteiger partial charge is 0.356 e. The van der Waals surface area contributed by atoms with Crippen LogP contribution in [0.25, 0.3) is 0 Å². The summed E-state index contributed by atoms with van der Waals surface area (Å²) in [6.45, 7) is 5.53. The van der Waals surface area contributed by atoms with Gasteiger partial charge in [-0.25, -0.2) is 8.78 Å². The Labute approximate surface area is 127 Å². The fraction of sp³-hybridized carbons (Fsp3) is 0.267. The van der Waals surface area contributed by atoms with Gasteiger partial charge < -0.3 is 10.2 Å². The van der Waals surface area contributed by atoms with E-state index in [2.05, 4.69) is 15.5 Å². The Morgan fingerprint density at radius 2 is 1.86 bits per heavy atom. The Bertz CT molecular complexity index is 657. The maximum atomic E-state index is 13.5. The quantitative estimate of drug-likeness (QED) is 0.923. The molecule has 2 aromatic rings. The minimum Gasteiger partial charge on any atom is -0.356 e. The summed E-state index contributed by atoms with van der Waals surface area (Å²) in [5, 5.41) is 10.2. The van der Waals surface area contributed by atoms with Crippen LogP contribution in [0.3, 0.4) is 0 Å². The van der Waals surface area contributed by atoms with Crippen LogP contribution in [-0.4, -0.2) is 29.2 Å². The fourth-order valence-electron chi connectivity index (χ4n) is 1.94. The highest BCUT2D eigenvalue weighted by Gasteiger charge is 2.13. The van der Waals surface area contributed by atoms with Crippen LogP contribution in [0.15, 0.2) is 30.3 Å². The third kappa shape index (κ3) is 3.55. The molecule has 5 nitrogen and oxygen atoms in total. The van der Waals surface area contributed by atoms with E-state index in [9.17, 15) is 13.6 Å². The molecule has 1 aromatic heterocycles. The lowest BCUT2D eigenvalue weighted by Crippen LogP contribution is -2.24. The van der Waals surface area contributed by atoms with Crippen LogP contribution in [0.5, 0.6) is 0 Å². The van der Waals surface area contributed by atoms with Crippen LogP contribution in [0.2, 0.25) is 0 Å². The number of nitrogens with one attached hydrogen (secondary N) is 1. The molecule has 0 radical (unpaired) electrons. The average molecular weight is 306 g/mol. The summed E-state index contributed by atoms with van der Waals surface area (Å²) in [7, 11) is 0. The standard InChI is InChI=1S/C15H16F2N4O/c1-3-21(4-2)14-8-7-13(19-20-14)15(22)18-12-6-5-10(16)9-11(12)17/h5-9H,3-4H2,1-2H3,(H,18,22). The van der Waals surface area contributed by atoms with Gasteiger partial charge in [0, 0.05) is 19.2 Å². The van der Waals surface area contributed by atoms with E-state index in [-0.39, 0.29) is 11.4 Å². The van der Waals surface area contributed by atoms with Crippen LogP contribution >= 0.6 is 0 Å². The topological polar surface area (TPSA) is 58.1 Å². The Morgan fingerprint density at radius 3 is 2.41 bits per heavy atom. The summed E-state index contributed by atoms with van der Waals surface area (Å²) < 4.78 is 26.3. The molecule has 0 saturated carbocycles. The van der Waals surface area contributed by atoms with Gasteiger partial charge in [-0.15, -0.1) is 10.2 Å². The highest BCUT2D eigenvalue weighted by atomic mass is 19.1. The minimum absolute atomic E-state index is 0.0552. The molecule has 0 unspecified atom stereocenters. The van der Waals surface area contributed by atoms with E-state index in [1.165, 1.54) is 6.07 Å². The predicted molar refractivity (Wildman–Crippen MR) is 79.9 cm³/mol. The molecule has 1 amide bonds. The van der Waals surface area contributed by atoms with Gasteiger partial charge in [0.2, 0.25) is 0 Å². The molecule has 22 heavy (non-hydrogen) atoms. The van der Waals surface area contributed by atoms with Gasteiger partial charge in [-0.3, -0.25) is 4.79 Å². The lowest BCUT2D eigenvalue weighted by atomic mass is 10.2. The minimum atomic E-state index is -0.846. The molecule has 0 fully saturated rings. The molecule has 1 N–H and O–H groups in total. The van der Waals surface area contributed by atoms with Crippen molar-refractivity contribution in [2.45, 2.75) is 13.8 Å². The monoisotopic (exact) mass is 306 g/mol. The highest BCUT2D eigenvalue weighted by molar-refractivity contribution is 6.02. The normalized spacial score (nSPS) is 10.4. The van der Waals surface area contributed by atoms with Crippen molar-refractivity contribution >= 4 is 17.4 Å². The van der Waals surface area contributed by atoms with Gasteiger partial charge in [-0.05, 0) is 38.1 Å². The Hall–Kier alpha value is -2.57. The molecular formula is C15H16F2N4O. The molecule has 1 aromatic carbocycles. The van der Waals surface area contributed by atoms with Gasteiger partial charge in [0.05, 0.1) is 5.69 Å². The molecule has 1 heterocycles. The van der Waals surface area contributed by atoms with Crippen LogP contribution in [0.1, 0.15) is 24.3 Å². The van der Waals surface area contributed by atoms with E-state index in [0.29, 0.717) is 11.9 Å². The molecule has 0 aliphatic carbocycles. The van der Waals surface area contributed by atoms with Crippen LogP contribution in [-0.2, 0) is 0 Å². The SMILES string of the molecule is CCN(CC)c1ccc(C(=O)Nc2ccc(F)cc2F)nn1. The number of amides is 1. The van der Waals surface area contributed by atoms with E-state index in [1.54, 1.807) is 6.07 Å². The number of halogens is 2. The van der Waals surface area contributed by atoms with E-state index in [0.717, 1.165) is 25.2 Å². The molecule has 0 aliphatic rings. The number of carbonyl (C=O) groups excluding carboxylic acids is 1. The van der Waals surface area contributed by atoms with Crippen molar-refractivity contribution in [3.8, 4) is 0 Å². The van der Waals surface area contributed by atoms with Crippen molar-refractivity contribution in [1.29, 1.82) is 0 Å². The van der Waals surface area contributed by atoms with E-state index < -0.39 is 17.5 Å². The first-order valence-electron chi connectivity index (χ1n) is 6.90. The van der Waals surface area contributed by atoms with E-state index in [1.807, 2.05) is 18.7 Å². The number of aromatic nitrogens is 2. The summed E-state index contributed by atoms with van der Waals surface area (Å²) in [6, 6.07) is 6.10. The van der Waals surface area contributed by atoms with Crippen LogP contribution < -0.4 is 10.2 Å². The van der Waals surface area contributed by atoms with Gasteiger partial charge in [0.15, 0.2) is 11.5 Å². The van der Waals surface area contributed by atoms with Gasteiger partial charge in [-0.2, -0.15) is 0 Å². The number of benzene rings is 1. The molecule has 7 heteroatoms. The zero-order valence-electron chi connectivity index (χ0n) is 12.3. The van der Waals surface area contributed by atoms with Crippen molar-refractivity contribution in [3.63, 3.8) is 0 Å². The third-order valence-electron chi connectivity index (χ3n) is 3.15. The molecule has 2 rings (SSSR count). The van der Waals surface area contributed by atoms with Gasteiger partial charge in [-0.1, -0.05) is 0 Å². The molecule has 0 atom stereocenters. The first kappa shape index (κ1) is 15.8. The summed E-state index contributed by atoms with van der Waals surface area (Å²) in [5.74, 6) is -1.50. The summed E-state index contributed by atoms with van der Waals surface area (Å²) in [5.41, 5.74) is -0.0550. The van der Waals surface area contributed by atoms with Crippen LogP contribution in [0.4, 0.5) is 20.3 Å². The number of hydrogen-bond donors (Lipinski definition) is 1. The lowest BCUT2D eigenvalue weighted by Gasteiger charge is -2.18. The first-order chi connectivity index (χ1) is 10.5. The Balaban J connectivity index is 2.13. The average Bonchev–Trinajstić information content (AvgIpc) is 2.52. The number of hydrogen-bond acceptors (Lipinski definition) is 4. The molecule has 116 valence electrons. The van der Waals surface area contributed by atoms with E-state index in [4.69, 9.17) is 0 Å². The second-order valence-corrected chi connectivity index (χ2v) is 4.53. The maximum absolute atomic E-state index is 13.5. The molecule has 0 aliphatic heterocycles. The smallest absolute Gasteiger partial charge is 0.276 e.